The Hall–Kier alpha value is -3.03. The van der Waals surface area contributed by atoms with E-state index in [1.807, 2.05) is 17.9 Å². The summed E-state index contributed by atoms with van der Waals surface area (Å²) >= 11 is 12.5. The highest BCUT2D eigenvalue weighted by molar-refractivity contribution is 6.35. The molecular formula is C28H30Cl2N4O3. The van der Waals surface area contributed by atoms with E-state index in [-0.39, 0.29) is 30.9 Å². The highest BCUT2D eigenvalue weighted by atomic mass is 35.5. The number of hydrogen-bond acceptors (Lipinski definition) is 3. The largest absolute Gasteiger partial charge is 0.341 e. The van der Waals surface area contributed by atoms with Crippen LogP contribution in [-0.4, -0.2) is 65.3 Å². The molecule has 4 amide bonds. The van der Waals surface area contributed by atoms with Gasteiger partial charge in [0.15, 0.2) is 0 Å². The molecule has 0 spiro atoms. The summed E-state index contributed by atoms with van der Waals surface area (Å²) < 4.78 is 0. The molecule has 9 heteroatoms. The van der Waals surface area contributed by atoms with Crippen LogP contribution in [0.5, 0.6) is 0 Å². The number of halogens is 2. The van der Waals surface area contributed by atoms with E-state index in [1.54, 1.807) is 28.0 Å². The Bertz CT molecular complexity index is 1240. The number of nitrogens with one attached hydrogen (secondary N) is 1. The van der Waals surface area contributed by atoms with E-state index in [0.717, 1.165) is 19.3 Å². The molecular weight excluding hydrogens is 511 g/mol. The smallest absolute Gasteiger partial charge is 0.322 e. The van der Waals surface area contributed by atoms with Crippen molar-refractivity contribution in [2.24, 2.45) is 5.92 Å². The predicted octanol–water partition coefficient (Wildman–Crippen LogP) is 4.66. The summed E-state index contributed by atoms with van der Waals surface area (Å²) in [7, 11) is 0. The molecule has 5 rings (SSSR count). The van der Waals surface area contributed by atoms with Crippen LogP contribution in [0.1, 0.15) is 36.9 Å². The van der Waals surface area contributed by atoms with Crippen molar-refractivity contribution in [3.8, 4) is 0 Å². The second kappa shape index (κ2) is 10.8. The molecule has 3 heterocycles. The molecule has 2 aromatic carbocycles. The van der Waals surface area contributed by atoms with Crippen LogP contribution in [0, 0.1) is 5.92 Å². The molecule has 1 fully saturated rings. The van der Waals surface area contributed by atoms with Crippen LogP contribution < -0.4 is 5.32 Å². The molecule has 194 valence electrons. The fraction of sp³-hybridized carbons (Fsp3) is 0.393. The first-order chi connectivity index (χ1) is 17.9. The van der Waals surface area contributed by atoms with E-state index >= 15 is 0 Å². The lowest BCUT2D eigenvalue weighted by molar-refractivity contribution is -0.138. The van der Waals surface area contributed by atoms with Gasteiger partial charge in [0.2, 0.25) is 5.91 Å². The number of nitrogens with zero attached hydrogens (tertiary/aromatic N) is 3. The van der Waals surface area contributed by atoms with Gasteiger partial charge in [0.25, 0.3) is 5.91 Å². The Kier molecular flexibility index (Phi) is 7.45. The number of piperidine rings is 1. The first kappa shape index (κ1) is 25.6. The predicted molar refractivity (Wildman–Crippen MR) is 143 cm³/mol. The number of urea groups is 1. The molecule has 1 atom stereocenters. The quantitative estimate of drug-likeness (QED) is 0.579. The molecule has 0 saturated carbocycles. The van der Waals surface area contributed by atoms with Gasteiger partial charge in [-0.2, -0.15) is 0 Å². The number of carbonyl (C=O) groups is 3. The number of carbonyl (C=O) groups excluding carboxylic acids is 3. The Labute approximate surface area is 227 Å². The van der Waals surface area contributed by atoms with Crippen LogP contribution >= 0.6 is 23.2 Å². The number of benzene rings is 2. The molecule has 3 aliphatic heterocycles. The fourth-order valence-corrected chi connectivity index (χ4v) is 6.09. The number of likely N-dealkylation sites (tertiary alicyclic amines) is 1. The van der Waals surface area contributed by atoms with Gasteiger partial charge in [0.05, 0.1) is 23.9 Å². The van der Waals surface area contributed by atoms with Gasteiger partial charge in [0.1, 0.15) is 6.54 Å². The topological polar surface area (TPSA) is 73.0 Å². The van der Waals surface area contributed by atoms with Gasteiger partial charge in [-0.1, -0.05) is 59.6 Å². The van der Waals surface area contributed by atoms with Gasteiger partial charge in [-0.25, -0.2) is 4.79 Å². The third kappa shape index (κ3) is 5.20. The minimum atomic E-state index is -0.698. The fourth-order valence-electron chi connectivity index (χ4n) is 5.58. The molecule has 3 aliphatic rings. The third-order valence-corrected chi connectivity index (χ3v) is 8.11. The van der Waals surface area contributed by atoms with Crippen molar-refractivity contribution in [2.45, 2.75) is 32.2 Å². The van der Waals surface area contributed by atoms with Crippen LogP contribution in [0.15, 0.2) is 59.8 Å². The molecule has 2 aromatic rings. The number of rotatable bonds is 6. The van der Waals surface area contributed by atoms with E-state index < -0.39 is 6.04 Å². The summed E-state index contributed by atoms with van der Waals surface area (Å²) in [5.74, 6) is 0.237. The van der Waals surface area contributed by atoms with E-state index in [2.05, 4.69) is 29.6 Å². The number of likely N-dealkylation sites (N-methyl/N-ethyl adjacent to an activating group) is 1. The van der Waals surface area contributed by atoms with Gasteiger partial charge >= 0.3 is 6.03 Å². The van der Waals surface area contributed by atoms with Crippen LogP contribution in [0.3, 0.4) is 0 Å². The third-order valence-electron chi connectivity index (χ3n) is 7.55. The van der Waals surface area contributed by atoms with Crippen molar-refractivity contribution in [3.63, 3.8) is 0 Å². The minimum Gasteiger partial charge on any atom is -0.341 e. The number of hydrogen-bond donors (Lipinski definition) is 1. The monoisotopic (exact) mass is 540 g/mol. The van der Waals surface area contributed by atoms with Gasteiger partial charge in [0, 0.05) is 29.7 Å². The highest BCUT2D eigenvalue weighted by Gasteiger charge is 2.44. The van der Waals surface area contributed by atoms with Crippen molar-refractivity contribution in [2.75, 3.05) is 32.7 Å². The van der Waals surface area contributed by atoms with Crippen molar-refractivity contribution in [3.05, 3.63) is 81.0 Å². The maximum Gasteiger partial charge on any atom is 0.322 e. The molecule has 37 heavy (non-hydrogen) atoms. The van der Waals surface area contributed by atoms with Gasteiger partial charge < -0.3 is 15.1 Å². The molecule has 0 aromatic heterocycles. The second-order valence-corrected chi connectivity index (χ2v) is 10.7. The lowest BCUT2D eigenvalue weighted by Gasteiger charge is -2.33. The second-order valence-electron chi connectivity index (χ2n) is 9.83. The van der Waals surface area contributed by atoms with Gasteiger partial charge in [-0.05, 0) is 55.4 Å². The number of amides is 4. The Morgan fingerprint density at radius 3 is 2.46 bits per heavy atom. The van der Waals surface area contributed by atoms with Crippen molar-refractivity contribution < 1.29 is 14.4 Å². The summed E-state index contributed by atoms with van der Waals surface area (Å²) in [5, 5.41) is 3.76. The Morgan fingerprint density at radius 2 is 1.78 bits per heavy atom. The Morgan fingerprint density at radius 1 is 1.05 bits per heavy atom. The lowest BCUT2D eigenvalue weighted by Crippen LogP contribution is -2.47. The molecule has 0 unspecified atom stereocenters. The molecule has 0 bridgehead atoms. The van der Waals surface area contributed by atoms with Crippen molar-refractivity contribution >= 4 is 41.0 Å². The average Bonchev–Trinajstić information content (AvgIpc) is 3.20. The molecule has 0 aliphatic carbocycles. The van der Waals surface area contributed by atoms with E-state index in [1.165, 1.54) is 5.56 Å². The minimum absolute atomic E-state index is 0.0119. The first-order valence-electron chi connectivity index (χ1n) is 12.7. The SMILES string of the molecule is CCN1C(=O)N[C@@H](c2ccc(Cl)cc2Cl)C2=C1CN(CC(=O)N1CCC(Cc3ccccc3)CC1)C2=O. The van der Waals surface area contributed by atoms with Crippen LogP contribution in [0.25, 0.3) is 0 Å². The van der Waals surface area contributed by atoms with E-state index in [4.69, 9.17) is 23.2 Å². The van der Waals surface area contributed by atoms with E-state index in [9.17, 15) is 14.4 Å². The zero-order valence-corrected chi connectivity index (χ0v) is 22.3. The zero-order valence-electron chi connectivity index (χ0n) is 20.8. The molecule has 1 N–H and O–H groups in total. The summed E-state index contributed by atoms with van der Waals surface area (Å²) in [6.45, 7) is 3.86. The lowest BCUT2D eigenvalue weighted by atomic mass is 9.90. The Balaban J connectivity index is 1.27. The van der Waals surface area contributed by atoms with Crippen molar-refractivity contribution in [1.82, 2.24) is 20.0 Å². The standard InChI is InChI=1S/C28H30Cl2N4O3/c1-2-34-23-16-33(17-24(35)32-12-10-19(11-13-32)14-18-6-4-3-5-7-18)27(36)25(23)26(31-28(34)37)21-9-8-20(29)15-22(21)30/h3-9,15,19,26H,2,10-14,16-17H2,1H3,(H,31,37)/t26-/m0/s1. The van der Waals surface area contributed by atoms with Gasteiger partial charge in [-0.15, -0.1) is 0 Å². The zero-order chi connectivity index (χ0) is 26.1. The van der Waals surface area contributed by atoms with Crippen LogP contribution in [-0.2, 0) is 16.0 Å². The highest BCUT2D eigenvalue weighted by Crippen LogP contribution is 2.39. The van der Waals surface area contributed by atoms with Crippen LogP contribution in [0.4, 0.5) is 4.79 Å². The molecule has 7 nitrogen and oxygen atoms in total. The summed E-state index contributed by atoms with van der Waals surface area (Å²) in [4.78, 5) is 44.7. The summed E-state index contributed by atoms with van der Waals surface area (Å²) in [5.41, 5.74) is 3.01. The summed E-state index contributed by atoms with van der Waals surface area (Å²) in [6, 6.07) is 14.4. The van der Waals surface area contributed by atoms with E-state index in [0.29, 0.717) is 52.4 Å². The average molecular weight is 541 g/mol. The maximum atomic E-state index is 13.6. The van der Waals surface area contributed by atoms with Crippen LogP contribution in [0.2, 0.25) is 10.0 Å². The normalized spacial score (nSPS) is 20.4. The molecule has 0 radical (unpaired) electrons. The van der Waals surface area contributed by atoms with Gasteiger partial charge in [-0.3, -0.25) is 14.5 Å². The van der Waals surface area contributed by atoms with Crippen molar-refractivity contribution in [1.29, 1.82) is 0 Å². The molecule has 1 saturated heterocycles. The maximum absolute atomic E-state index is 13.6. The first-order valence-corrected chi connectivity index (χ1v) is 13.5. The summed E-state index contributed by atoms with van der Waals surface area (Å²) in [6.07, 6.45) is 2.91.